The van der Waals surface area contributed by atoms with E-state index >= 15 is 0 Å². The maximum atomic E-state index is 11.5. The van der Waals surface area contributed by atoms with Crippen molar-refractivity contribution in [2.75, 3.05) is 52.9 Å². The van der Waals surface area contributed by atoms with Crippen LogP contribution < -0.4 is 10.6 Å². The molecule has 2 N–H and O–H groups in total. The van der Waals surface area contributed by atoms with Gasteiger partial charge in [0.05, 0.1) is 6.61 Å². The number of carbonyl (C=O) groups excluding carboxylic acids is 1. The molecule has 0 rings (SSSR count). The number of guanidine groups is 1. The summed E-state index contributed by atoms with van der Waals surface area (Å²) in [7, 11) is 5.10. The third kappa shape index (κ3) is 11.6. The molecule has 0 radical (unpaired) electrons. The first-order valence-electron chi connectivity index (χ1n) is 6.24. The minimum absolute atomic E-state index is 0. The van der Waals surface area contributed by atoms with E-state index in [0.717, 1.165) is 12.3 Å². The molecule has 0 aliphatic heterocycles. The molecule has 1 amide bonds. The molecule has 6 nitrogen and oxygen atoms in total. The minimum atomic E-state index is -0.0228. The van der Waals surface area contributed by atoms with Crippen molar-refractivity contribution in [2.45, 2.75) is 13.0 Å². The number of nitrogens with zero attached hydrogens (tertiary/aromatic N) is 2. The molecule has 0 fully saturated rings. The van der Waals surface area contributed by atoms with Crippen LogP contribution in [0.5, 0.6) is 0 Å². The van der Waals surface area contributed by atoms with Gasteiger partial charge in [-0.25, -0.2) is 4.99 Å². The highest BCUT2D eigenvalue weighted by atomic mass is 127. The van der Waals surface area contributed by atoms with E-state index in [1.54, 1.807) is 33.0 Å². The summed E-state index contributed by atoms with van der Waals surface area (Å²) in [6, 6.07) is 0.139. The van der Waals surface area contributed by atoms with Crippen LogP contribution in [0.25, 0.3) is 0 Å². The number of ether oxygens (including phenoxy) is 1. The van der Waals surface area contributed by atoms with Crippen LogP contribution in [-0.4, -0.2) is 75.7 Å². The Bertz CT molecular complexity index is 291. The van der Waals surface area contributed by atoms with Crippen LogP contribution in [-0.2, 0) is 9.53 Å². The SMILES string of the molecule is COCC(C)NC(=NCC(=O)N(C)C)NCCSC.I. The lowest BCUT2D eigenvalue weighted by atomic mass is 10.4. The Morgan fingerprint density at radius 1 is 1.45 bits per heavy atom. The van der Waals surface area contributed by atoms with Crippen molar-refractivity contribution < 1.29 is 9.53 Å². The van der Waals surface area contributed by atoms with E-state index in [9.17, 15) is 4.79 Å². The first-order valence-corrected chi connectivity index (χ1v) is 7.63. The van der Waals surface area contributed by atoms with Gasteiger partial charge in [-0.1, -0.05) is 0 Å². The molecule has 0 saturated carbocycles. The van der Waals surface area contributed by atoms with Crippen molar-refractivity contribution in [3.8, 4) is 0 Å². The summed E-state index contributed by atoms with van der Waals surface area (Å²) in [5.74, 6) is 1.61. The topological polar surface area (TPSA) is 66.0 Å². The van der Waals surface area contributed by atoms with Gasteiger partial charge in [0.15, 0.2) is 5.96 Å². The first-order chi connectivity index (χ1) is 9.01. The number of nitrogens with one attached hydrogen (secondary N) is 2. The van der Waals surface area contributed by atoms with Gasteiger partial charge in [-0.2, -0.15) is 11.8 Å². The smallest absolute Gasteiger partial charge is 0.243 e. The molecule has 0 aliphatic rings. The Balaban J connectivity index is 0. The number of hydrogen-bond acceptors (Lipinski definition) is 4. The molecule has 0 spiro atoms. The van der Waals surface area contributed by atoms with E-state index in [-0.39, 0.29) is 42.5 Å². The van der Waals surface area contributed by atoms with Gasteiger partial charge in [-0.3, -0.25) is 4.79 Å². The molecule has 20 heavy (non-hydrogen) atoms. The van der Waals surface area contributed by atoms with Gasteiger partial charge in [0.1, 0.15) is 6.54 Å². The highest BCUT2D eigenvalue weighted by Crippen LogP contribution is 1.89. The van der Waals surface area contributed by atoms with Crippen LogP contribution in [0, 0.1) is 0 Å². The first kappa shape index (κ1) is 22.1. The molecule has 0 aromatic heterocycles. The van der Waals surface area contributed by atoms with Crippen molar-refractivity contribution in [1.82, 2.24) is 15.5 Å². The number of rotatable bonds is 8. The fourth-order valence-electron chi connectivity index (χ4n) is 1.24. The molecule has 0 bridgehead atoms. The van der Waals surface area contributed by atoms with Crippen LogP contribution in [0.2, 0.25) is 0 Å². The van der Waals surface area contributed by atoms with Gasteiger partial charge in [0, 0.05) is 39.5 Å². The predicted molar refractivity (Wildman–Crippen MR) is 97.3 cm³/mol. The van der Waals surface area contributed by atoms with Crippen molar-refractivity contribution in [1.29, 1.82) is 0 Å². The van der Waals surface area contributed by atoms with Gasteiger partial charge >= 0.3 is 0 Å². The van der Waals surface area contributed by atoms with Crippen LogP contribution in [0.3, 0.4) is 0 Å². The van der Waals surface area contributed by atoms with E-state index in [1.165, 1.54) is 4.90 Å². The fraction of sp³-hybridized carbons (Fsp3) is 0.833. The molecule has 0 aromatic rings. The Labute approximate surface area is 143 Å². The maximum absolute atomic E-state index is 11.5. The molecule has 8 heteroatoms. The number of amides is 1. The number of aliphatic imine (C=N–C) groups is 1. The lowest BCUT2D eigenvalue weighted by Gasteiger charge is -2.18. The standard InChI is InChI=1S/C12H26N4O2S.HI/c1-10(9-18-4)15-12(13-6-7-19-5)14-8-11(17)16(2)3;/h10H,6-9H2,1-5H3,(H2,13,14,15);1H. The Kier molecular flexibility index (Phi) is 15.2. The molecule has 0 aromatic carbocycles. The number of thioether (sulfide) groups is 1. The third-order valence-corrected chi connectivity index (χ3v) is 2.88. The zero-order chi connectivity index (χ0) is 14.7. The third-order valence-electron chi connectivity index (χ3n) is 2.27. The lowest BCUT2D eigenvalue weighted by molar-refractivity contribution is -0.127. The summed E-state index contributed by atoms with van der Waals surface area (Å²) in [5, 5.41) is 6.40. The second-order valence-electron chi connectivity index (χ2n) is 4.37. The average molecular weight is 418 g/mol. The van der Waals surface area contributed by atoms with Crippen molar-refractivity contribution in [2.24, 2.45) is 4.99 Å². The molecule has 1 unspecified atom stereocenters. The van der Waals surface area contributed by atoms with Crippen LogP contribution in [0.15, 0.2) is 4.99 Å². The van der Waals surface area contributed by atoms with Gasteiger partial charge in [0.25, 0.3) is 0 Å². The second-order valence-corrected chi connectivity index (χ2v) is 5.36. The molecule has 0 heterocycles. The van der Waals surface area contributed by atoms with Crippen LogP contribution in [0.1, 0.15) is 6.92 Å². The normalized spacial score (nSPS) is 12.3. The van der Waals surface area contributed by atoms with E-state index in [4.69, 9.17) is 4.74 Å². The number of halogens is 1. The van der Waals surface area contributed by atoms with Crippen LogP contribution in [0.4, 0.5) is 0 Å². The summed E-state index contributed by atoms with van der Waals surface area (Å²) in [4.78, 5) is 17.3. The zero-order valence-corrected chi connectivity index (χ0v) is 16.1. The minimum Gasteiger partial charge on any atom is -0.383 e. The summed E-state index contributed by atoms with van der Waals surface area (Å²) < 4.78 is 5.07. The summed E-state index contributed by atoms with van der Waals surface area (Å²) in [6.07, 6.45) is 2.05. The molecule has 120 valence electrons. The van der Waals surface area contributed by atoms with Crippen molar-refractivity contribution in [3.63, 3.8) is 0 Å². The summed E-state index contributed by atoms with van der Waals surface area (Å²) in [5.41, 5.74) is 0. The summed E-state index contributed by atoms with van der Waals surface area (Å²) in [6.45, 7) is 3.54. The Morgan fingerprint density at radius 3 is 2.60 bits per heavy atom. The van der Waals surface area contributed by atoms with Crippen molar-refractivity contribution in [3.05, 3.63) is 0 Å². The second kappa shape index (κ2) is 13.7. The van der Waals surface area contributed by atoms with Crippen molar-refractivity contribution >= 4 is 47.6 Å². The highest BCUT2D eigenvalue weighted by molar-refractivity contribution is 14.0. The predicted octanol–water partition coefficient (Wildman–Crippen LogP) is 0.626. The number of likely N-dealkylation sites (N-methyl/N-ethyl adjacent to an activating group) is 1. The number of carbonyl (C=O) groups is 1. The Morgan fingerprint density at radius 2 is 2.10 bits per heavy atom. The highest BCUT2D eigenvalue weighted by Gasteiger charge is 2.07. The summed E-state index contributed by atoms with van der Waals surface area (Å²) >= 11 is 1.76. The van der Waals surface area contributed by atoms with Crippen LogP contribution >= 0.6 is 35.7 Å². The molecular formula is C12H27IN4O2S. The van der Waals surface area contributed by atoms with E-state index in [0.29, 0.717) is 12.6 Å². The van der Waals surface area contributed by atoms with E-state index < -0.39 is 0 Å². The lowest BCUT2D eigenvalue weighted by Crippen LogP contribution is -2.45. The van der Waals surface area contributed by atoms with Gasteiger partial charge in [0.2, 0.25) is 5.91 Å². The average Bonchev–Trinajstić information content (AvgIpc) is 2.35. The van der Waals surface area contributed by atoms with Gasteiger partial charge in [-0.15, -0.1) is 24.0 Å². The quantitative estimate of drug-likeness (QED) is 0.262. The monoisotopic (exact) mass is 418 g/mol. The maximum Gasteiger partial charge on any atom is 0.243 e. The number of methoxy groups -OCH3 is 1. The van der Waals surface area contributed by atoms with Gasteiger partial charge < -0.3 is 20.3 Å². The molecule has 0 saturated heterocycles. The van der Waals surface area contributed by atoms with E-state index in [2.05, 4.69) is 21.9 Å². The number of hydrogen-bond donors (Lipinski definition) is 2. The van der Waals surface area contributed by atoms with Gasteiger partial charge in [-0.05, 0) is 13.2 Å². The zero-order valence-electron chi connectivity index (χ0n) is 12.9. The molecule has 0 aliphatic carbocycles. The molecule has 1 atom stereocenters. The fourth-order valence-corrected chi connectivity index (χ4v) is 1.54. The largest absolute Gasteiger partial charge is 0.383 e. The van der Waals surface area contributed by atoms with E-state index in [1.807, 2.05) is 6.92 Å². The molecular weight excluding hydrogens is 391 g/mol. The Hall–Kier alpha value is -0.220.